The molecule has 1 aromatic heterocycles. The number of guanidine groups is 1. The average molecular weight is 348 g/mol. The van der Waals surface area contributed by atoms with E-state index in [-0.39, 0.29) is 12.5 Å². The summed E-state index contributed by atoms with van der Waals surface area (Å²) in [5, 5.41) is 3.51. The van der Waals surface area contributed by atoms with Crippen molar-refractivity contribution >= 4 is 11.9 Å². The van der Waals surface area contributed by atoms with E-state index < -0.39 is 0 Å². The smallest absolute Gasteiger partial charge is 0.243 e. The highest BCUT2D eigenvalue weighted by Crippen LogP contribution is 2.22. The minimum atomic E-state index is 0.0178. The van der Waals surface area contributed by atoms with Crippen LogP contribution in [-0.4, -0.2) is 60.5 Å². The number of aliphatic imine (C=N–C) groups is 1. The predicted molar refractivity (Wildman–Crippen MR) is 102 cm³/mol. The van der Waals surface area contributed by atoms with Crippen molar-refractivity contribution in [1.29, 1.82) is 0 Å². The minimum absolute atomic E-state index is 0.0178. The van der Waals surface area contributed by atoms with Crippen molar-refractivity contribution in [3.63, 3.8) is 0 Å². The molecule has 0 bridgehead atoms. The van der Waals surface area contributed by atoms with Gasteiger partial charge in [-0.05, 0) is 30.9 Å². The van der Waals surface area contributed by atoms with Crippen LogP contribution in [0.3, 0.4) is 0 Å². The van der Waals surface area contributed by atoms with E-state index in [1.807, 2.05) is 26.4 Å². The highest BCUT2D eigenvalue weighted by molar-refractivity contribution is 5.84. The largest absolute Gasteiger partial charge is 0.356 e. The van der Waals surface area contributed by atoms with E-state index in [9.17, 15) is 4.79 Å². The lowest BCUT2D eigenvalue weighted by Gasteiger charge is -2.27. The standard InChI is InChI=1S/C19H33N5O/c1-22(2)18(25)14-21-19(20-13-16-9-6-5-7-10-16)24(4)15-17-11-8-12-23(17)3/h8,11-12,16H,5-7,9-10,13-15H2,1-4H3,(H,20,21). The fourth-order valence-corrected chi connectivity index (χ4v) is 3.20. The molecule has 1 aliphatic rings. The van der Waals surface area contributed by atoms with Gasteiger partial charge in [-0.15, -0.1) is 0 Å². The fraction of sp³-hybridized carbons (Fsp3) is 0.684. The van der Waals surface area contributed by atoms with Gasteiger partial charge in [0.2, 0.25) is 5.91 Å². The zero-order valence-corrected chi connectivity index (χ0v) is 16.2. The zero-order valence-electron chi connectivity index (χ0n) is 16.2. The van der Waals surface area contributed by atoms with Crippen molar-refractivity contribution < 1.29 is 4.79 Å². The number of amides is 1. The van der Waals surface area contributed by atoms with E-state index in [0.717, 1.165) is 19.0 Å². The Morgan fingerprint density at radius 2 is 2.00 bits per heavy atom. The maximum absolute atomic E-state index is 11.9. The highest BCUT2D eigenvalue weighted by atomic mass is 16.2. The van der Waals surface area contributed by atoms with Gasteiger partial charge in [0.15, 0.2) is 5.96 Å². The number of aromatic nitrogens is 1. The number of nitrogens with zero attached hydrogens (tertiary/aromatic N) is 4. The Bertz CT molecular complexity index is 572. The molecule has 1 N–H and O–H groups in total. The number of aryl methyl sites for hydroxylation is 1. The van der Waals surface area contributed by atoms with E-state index in [1.54, 1.807) is 19.0 Å². The summed E-state index contributed by atoms with van der Waals surface area (Å²) in [4.78, 5) is 20.2. The normalized spacial score (nSPS) is 15.9. The maximum atomic E-state index is 11.9. The molecule has 6 nitrogen and oxygen atoms in total. The molecule has 2 rings (SSSR count). The molecule has 6 heteroatoms. The van der Waals surface area contributed by atoms with Crippen LogP contribution in [0.25, 0.3) is 0 Å². The quantitative estimate of drug-likeness (QED) is 0.633. The molecular weight excluding hydrogens is 314 g/mol. The molecule has 0 radical (unpaired) electrons. The first kappa shape index (κ1) is 19.3. The SMILES string of the molecule is CN(C)C(=O)CN=C(NCC1CCCCC1)N(C)Cc1cccn1C. The molecule has 0 atom stereocenters. The third kappa shape index (κ3) is 6.11. The van der Waals surface area contributed by atoms with E-state index in [0.29, 0.717) is 5.92 Å². The van der Waals surface area contributed by atoms with Crippen LogP contribution in [0.1, 0.15) is 37.8 Å². The van der Waals surface area contributed by atoms with Crippen LogP contribution in [0.5, 0.6) is 0 Å². The molecule has 0 aromatic carbocycles. The Morgan fingerprint density at radius 3 is 2.60 bits per heavy atom. The number of carbonyl (C=O) groups excluding carboxylic acids is 1. The molecule has 1 heterocycles. The molecule has 1 fully saturated rings. The van der Waals surface area contributed by atoms with E-state index in [4.69, 9.17) is 0 Å². The Morgan fingerprint density at radius 1 is 1.28 bits per heavy atom. The Hall–Kier alpha value is -1.98. The van der Waals surface area contributed by atoms with Crippen LogP contribution in [-0.2, 0) is 18.4 Å². The Labute approximate surface area is 151 Å². The second-order valence-corrected chi connectivity index (χ2v) is 7.28. The lowest BCUT2D eigenvalue weighted by molar-refractivity contribution is -0.127. The lowest BCUT2D eigenvalue weighted by Crippen LogP contribution is -2.42. The van der Waals surface area contributed by atoms with Crippen LogP contribution in [0.4, 0.5) is 0 Å². The van der Waals surface area contributed by atoms with Gasteiger partial charge in [-0.3, -0.25) is 4.79 Å². The summed E-state index contributed by atoms with van der Waals surface area (Å²) in [5.41, 5.74) is 1.22. The lowest BCUT2D eigenvalue weighted by atomic mass is 9.89. The van der Waals surface area contributed by atoms with Crippen LogP contribution >= 0.6 is 0 Å². The first-order valence-corrected chi connectivity index (χ1v) is 9.27. The zero-order chi connectivity index (χ0) is 18.2. The molecule has 0 spiro atoms. The number of nitrogens with one attached hydrogen (secondary N) is 1. The maximum Gasteiger partial charge on any atom is 0.243 e. The molecule has 1 saturated carbocycles. The molecule has 140 valence electrons. The van der Waals surface area contributed by atoms with Gasteiger partial charge in [0.25, 0.3) is 0 Å². The van der Waals surface area contributed by atoms with Gasteiger partial charge < -0.3 is 19.7 Å². The predicted octanol–water partition coefficient (Wildman–Crippen LogP) is 2.07. The Kier molecular flexibility index (Phi) is 7.34. The van der Waals surface area contributed by atoms with Gasteiger partial charge in [-0.25, -0.2) is 4.99 Å². The monoisotopic (exact) mass is 347 g/mol. The van der Waals surface area contributed by atoms with Crippen molar-refractivity contribution in [2.45, 2.75) is 38.6 Å². The van der Waals surface area contributed by atoms with Gasteiger partial charge in [0.05, 0.1) is 6.54 Å². The summed E-state index contributed by atoms with van der Waals surface area (Å²) in [7, 11) is 7.60. The Balaban J connectivity index is 2.00. The molecule has 1 amide bonds. The molecule has 25 heavy (non-hydrogen) atoms. The molecule has 1 aliphatic carbocycles. The van der Waals surface area contributed by atoms with Gasteiger partial charge >= 0.3 is 0 Å². The van der Waals surface area contributed by atoms with Crippen molar-refractivity contribution in [1.82, 2.24) is 19.7 Å². The van der Waals surface area contributed by atoms with Crippen molar-refractivity contribution in [2.24, 2.45) is 18.0 Å². The third-order valence-corrected chi connectivity index (χ3v) is 4.95. The summed E-state index contributed by atoms with van der Waals surface area (Å²) in [6.07, 6.45) is 8.65. The number of hydrogen-bond donors (Lipinski definition) is 1. The van der Waals surface area contributed by atoms with E-state index in [2.05, 4.69) is 25.8 Å². The molecule has 0 unspecified atom stereocenters. The molecule has 0 aliphatic heterocycles. The van der Waals surface area contributed by atoms with Gasteiger partial charge in [0, 0.05) is 46.6 Å². The summed E-state index contributed by atoms with van der Waals surface area (Å²) < 4.78 is 2.11. The highest BCUT2D eigenvalue weighted by Gasteiger charge is 2.16. The fourth-order valence-electron chi connectivity index (χ4n) is 3.20. The van der Waals surface area contributed by atoms with E-state index >= 15 is 0 Å². The number of carbonyl (C=O) groups is 1. The van der Waals surface area contributed by atoms with Crippen LogP contribution < -0.4 is 5.32 Å². The number of likely N-dealkylation sites (N-methyl/N-ethyl adjacent to an activating group) is 1. The van der Waals surface area contributed by atoms with Crippen molar-refractivity contribution in [2.75, 3.05) is 34.2 Å². The van der Waals surface area contributed by atoms with Gasteiger partial charge in [-0.2, -0.15) is 0 Å². The topological polar surface area (TPSA) is 52.9 Å². The van der Waals surface area contributed by atoms with Crippen molar-refractivity contribution in [3.05, 3.63) is 24.0 Å². The summed E-state index contributed by atoms with van der Waals surface area (Å²) in [5.74, 6) is 1.54. The number of rotatable bonds is 6. The number of hydrogen-bond acceptors (Lipinski definition) is 2. The summed E-state index contributed by atoms with van der Waals surface area (Å²) in [6, 6.07) is 4.16. The van der Waals surface area contributed by atoms with Crippen LogP contribution in [0.2, 0.25) is 0 Å². The summed E-state index contributed by atoms with van der Waals surface area (Å²) in [6.45, 7) is 1.88. The van der Waals surface area contributed by atoms with E-state index in [1.165, 1.54) is 37.8 Å². The first-order valence-electron chi connectivity index (χ1n) is 9.27. The van der Waals surface area contributed by atoms with Gasteiger partial charge in [0.1, 0.15) is 6.54 Å². The van der Waals surface area contributed by atoms with Crippen molar-refractivity contribution in [3.8, 4) is 0 Å². The third-order valence-electron chi connectivity index (χ3n) is 4.95. The first-order chi connectivity index (χ1) is 12.0. The van der Waals surface area contributed by atoms with Crippen LogP contribution in [0, 0.1) is 5.92 Å². The second kappa shape index (κ2) is 9.49. The second-order valence-electron chi connectivity index (χ2n) is 7.28. The molecular formula is C19H33N5O. The van der Waals surface area contributed by atoms with Gasteiger partial charge in [-0.1, -0.05) is 19.3 Å². The minimum Gasteiger partial charge on any atom is -0.356 e. The summed E-state index contributed by atoms with van der Waals surface area (Å²) >= 11 is 0. The molecule has 1 aromatic rings. The average Bonchev–Trinajstić information content (AvgIpc) is 3.00. The molecule has 0 saturated heterocycles. The van der Waals surface area contributed by atoms with Crippen LogP contribution in [0.15, 0.2) is 23.3 Å².